The van der Waals surface area contributed by atoms with E-state index < -0.39 is 10.0 Å². The highest BCUT2D eigenvalue weighted by Crippen LogP contribution is 2.38. The molecule has 0 aliphatic carbocycles. The minimum Gasteiger partial charge on any atom is -0.375 e. The van der Waals surface area contributed by atoms with Gasteiger partial charge in [0.15, 0.2) is 0 Å². The van der Waals surface area contributed by atoms with Gasteiger partial charge in [-0.1, -0.05) is 25.1 Å². The number of benzene rings is 2. The minimum absolute atomic E-state index is 0.0498. The quantitative estimate of drug-likeness (QED) is 0.871. The Kier molecular flexibility index (Phi) is 5.06. The molecule has 136 valence electrons. The Balaban J connectivity index is 2.10. The highest BCUT2D eigenvalue weighted by Gasteiger charge is 2.31. The Morgan fingerprint density at radius 2 is 1.92 bits per heavy atom. The zero-order chi connectivity index (χ0) is 18.7. The number of rotatable bonds is 5. The number of nitrogens with one attached hydrogen (secondary N) is 1. The molecule has 0 bridgehead atoms. The monoisotopic (exact) mass is 373 g/mol. The largest absolute Gasteiger partial charge is 0.375 e. The normalized spacial score (nSPS) is 15.2. The average Bonchev–Trinajstić information content (AvgIpc) is 2.62. The first-order chi connectivity index (χ1) is 12.5. The van der Waals surface area contributed by atoms with Crippen molar-refractivity contribution in [3.8, 4) is 0 Å². The number of hydrogen-bond acceptors (Lipinski definition) is 5. The van der Waals surface area contributed by atoms with Crippen molar-refractivity contribution in [3.05, 3.63) is 48.5 Å². The second kappa shape index (κ2) is 7.27. The fraction of sp³-hybridized carbons (Fsp3) is 0.222. The maximum absolute atomic E-state index is 12.6. The smallest absolute Gasteiger partial charge is 0.286 e. The van der Waals surface area contributed by atoms with Gasteiger partial charge in [0, 0.05) is 24.9 Å². The van der Waals surface area contributed by atoms with Gasteiger partial charge in [-0.3, -0.25) is 9.69 Å². The van der Waals surface area contributed by atoms with Crippen LogP contribution >= 0.6 is 0 Å². The average molecular weight is 373 g/mol. The molecule has 0 radical (unpaired) electrons. The number of amidine groups is 1. The first-order valence-electron chi connectivity index (χ1n) is 8.08. The van der Waals surface area contributed by atoms with Crippen molar-refractivity contribution in [2.45, 2.75) is 18.2 Å². The number of hydrogen-bond donors (Lipinski definition) is 1. The fourth-order valence-corrected chi connectivity index (χ4v) is 4.05. The van der Waals surface area contributed by atoms with Gasteiger partial charge in [0.25, 0.3) is 10.0 Å². The molecule has 0 atom stereocenters. The summed E-state index contributed by atoms with van der Waals surface area (Å²) in [7, 11) is -2.44. The Labute approximate surface area is 152 Å². The summed E-state index contributed by atoms with van der Waals surface area (Å²) in [6.45, 7) is 1.74. The molecule has 26 heavy (non-hydrogen) atoms. The molecule has 1 aliphatic heterocycles. The van der Waals surface area contributed by atoms with Crippen LogP contribution in [0.3, 0.4) is 0 Å². The van der Waals surface area contributed by atoms with Crippen molar-refractivity contribution < 1.29 is 17.9 Å². The second-order valence-corrected chi connectivity index (χ2v) is 7.24. The molecule has 1 amide bonds. The van der Waals surface area contributed by atoms with Gasteiger partial charge in [0.05, 0.1) is 5.69 Å². The van der Waals surface area contributed by atoms with E-state index in [0.717, 1.165) is 5.69 Å². The molecule has 1 N–H and O–H groups in total. The highest BCUT2D eigenvalue weighted by atomic mass is 32.2. The van der Waals surface area contributed by atoms with E-state index in [2.05, 4.69) is 9.71 Å². The summed E-state index contributed by atoms with van der Waals surface area (Å²) >= 11 is 0. The molecule has 0 spiro atoms. The van der Waals surface area contributed by atoms with Crippen LogP contribution in [0.15, 0.2) is 57.8 Å². The number of nitrogens with zero attached hydrogens (tertiary/aromatic N) is 2. The van der Waals surface area contributed by atoms with Gasteiger partial charge in [0.2, 0.25) is 5.91 Å². The van der Waals surface area contributed by atoms with E-state index in [1.165, 1.54) is 13.2 Å². The topological polar surface area (TPSA) is 88.1 Å². The van der Waals surface area contributed by atoms with Gasteiger partial charge in [-0.15, -0.1) is 4.40 Å². The SMILES string of the molecule is CCC1=NS(=O)(=O)c2cc(NC(=O)COC)ccc2N1c1ccccc1. The molecule has 2 aromatic rings. The zero-order valence-electron chi connectivity index (χ0n) is 14.5. The number of sulfonamides is 1. The third-order valence-corrected chi connectivity index (χ3v) is 5.19. The maximum atomic E-state index is 12.6. The van der Waals surface area contributed by atoms with E-state index in [1.807, 2.05) is 42.2 Å². The van der Waals surface area contributed by atoms with Crippen molar-refractivity contribution in [1.82, 2.24) is 0 Å². The lowest BCUT2D eigenvalue weighted by atomic mass is 10.2. The third-order valence-electron chi connectivity index (χ3n) is 3.85. The fourth-order valence-electron chi connectivity index (χ4n) is 2.77. The van der Waals surface area contributed by atoms with E-state index in [-0.39, 0.29) is 17.4 Å². The summed E-state index contributed by atoms with van der Waals surface area (Å²) in [6, 6.07) is 14.2. The number of ether oxygens (including phenoxy) is 1. The van der Waals surface area contributed by atoms with Crippen molar-refractivity contribution >= 4 is 38.8 Å². The molecule has 7 nitrogen and oxygen atoms in total. The molecule has 0 fully saturated rings. The zero-order valence-corrected chi connectivity index (χ0v) is 15.3. The Bertz CT molecular complexity index is 956. The predicted molar refractivity (Wildman–Crippen MR) is 100 cm³/mol. The van der Waals surface area contributed by atoms with Gasteiger partial charge in [-0.05, 0) is 30.3 Å². The summed E-state index contributed by atoms with van der Waals surface area (Å²) in [5.41, 5.74) is 1.70. The van der Waals surface area contributed by atoms with Gasteiger partial charge in [-0.2, -0.15) is 8.42 Å². The lowest BCUT2D eigenvalue weighted by Crippen LogP contribution is -2.31. The van der Waals surface area contributed by atoms with Crippen LogP contribution in [0.1, 0.15) is 13.3 Å². The minimum atomic E-state index is -3.85. The number of carbonyl (C=O) groups is 1. The van der Waals surface area contributed by atoms with Crippen LogP contribution in [0.4, 0.5) is 17.1 Å². The van der Waals surface area contributed by atoms with Gasteiger partial charge in [0.1, 0.15) is 17.3 Å². The Morgan fingerprint density at radius 3 is 2.58 bits per heavy atom. The molecular weight excluding hydrogens is 354 g/mol. The van der Waals surface area contributed by atoms with Gasteiger partial charge >= 0.3 is 0 Å². The number of carbonyl (C=O) groups excluding carboxylic acids is 1. The first-order valence-corrected chi connectivity index (χ1v) is 9.52. The lowest BCUT2D eigenvalue weighted by Gasteiger charge is -2.30. The number of amides is 1. The summed E-state index contributed by atoms with van der Waals surface area (Å²) in [5.74, 6) is 0.0817. The summed E-state index contributed by atoms with van der Waals surface area (Å²) in [6.07, 6.45) is 0.458. The van der Waals surface area contributed by atoms with Gasteiger partial charge < -0.3 is 10.1 Å². The van der Waals surface area contributed by atoms with E-state index in [4.69, 9.17) is 4.74 Å². The summed E-state index contributed by atoms with van der Waals surface area (Å²) in [4.78, 5) is 13.6. The standard InChI is InChI=1S/C18H19N3O4S/c1-3-17-20-26(23,24)16-11-13(19-18(22)12-25-2)9-10-15(16)21(17)14-7-5-4-6-8-14/h4-11H,3,12H2,1-2H3,(H,19,22). The van der Waals surface area contributed by atoms with Crippen LogP contribution in [0.5, 0.6) is 0 Å². The van der Waals surface area contributed by atoms with Crippen molar-refractivity contribution in [2.24, 2.45) is 4.40 Å². The molecule has 0 saturated carbocycles. The molecular formula is C18H19N3O4S. The number of anilines is 3. The first kappa shape index (κ1) is 18.1. The molecule has 1 aliphatic rings. The van der Waals surface area contributed by atoms with Crippen LogP contribution in [0.25, 0.3) is 0 Å². The van der Waals surface area contributed by atoms with Crippen LogP contribution in [0, 0.1) is 0 Å². The van der Waals surface area contributed by atoms with Crippen LogP contribution in [-0.4, -0.2) is 33.9 Å². The van der Waals surface area contributed by atoms with Crippen molar-refractivity contribution in [1.29, 1.82) is 0 Å². The maximum Gasteiger partial charge on any atom is 0.286 e. The van der Waals surface area contributed by atoms with E-state index in [1.54, 1.807) is 12.1 Å². The highest BCUT2D eigenvalue weighted by molar-refractivity contribution is 7.90. The Hall–Kier alpha value is -2.71. The van der Waals surface area contributed by atoms with Gasteiger partial charge in [-0.25, -0.2) is 0 Å². The lowest BCUT2D eigenvalue weighted by molar-refractivity contribution is -0.119. The number of para-hydroxylation sites is 1. The molecule has 1 heterocycles. The number of fused-ring (bicyclic) bond motifs is 1. The Morgan fingerprint density at radius 1 is 1.19 bits per heavy atom. The second-order valence-electron chi connectivity index (χ2n) is 5.67. The van der Waals surface area contributed by atoms with Crippen LogP contribution in [0.2, 0.25) is 0 Å². The molecule has 0 aromatic heterocycles. The molecule has 3 rings (SSSR count). The van der Waals surface area contributed by atoms with Crippen LogP contribution in [-0.2, 0) is 19.6 Å². The molecule has 2 aromatic carbocycles. The summed E-state index contributed by atoms with van der Waals surface area (Å²) in [5, 5.41) is 2.62. The third kappa shape index (κ3) is 3.47. The van der Waals surface area contributed by atoms with Crippen molar-refractivity contribution in [3.63, 3.8) is 0 Å². The predicted octanol–water partition coefficient (Wildman–Crippen LogP) is 2.92. The van der Waals surface area contributed by atoms with Crippen LogP contribution < -0.4 is 10.2 Å². The molecule has 8 heteroatoms. The van der Waals surface area contributed by atoms with E-state index >= 15 is 0 Å². The summed E-state index contributed by atoms with van der Waals surface area (Å²) < 4.78 is 34.0. The molecule has 0 unspecified atom stereocenters. The van der Waals surface area contributed by atoms with Crippen molar-refractivity contribution in [2.75, 3.05) is 23.9 Å². The van der Waals surface area contributed by atoms with E-state index in [9.17, 15) is 13.2 Å². The van der Waals surface area contributed by atoms with E-state index in [0.29, 0.717) is 23.6 Å². The molecule has 0 saturated heterocycles. The number of methoxy groups -OCH3 is 1.